The Morgan fingerprint density at radius 3 is 2.38 bits per heavy atom. The SMILES string of the molecule is CCOC(=O)CC(=O)OC/C=C/c1ccc([N+](=O)[O-])cc1. The van der Waals surface area contributed by atoms with Crippen LogP contribution < -0.4 is 0 Å². The zero-order valence-electron chi connectivity index (χ0n) is 11.5. The summed E-state index contributed by atoms with van der Waals surface area (Å²) in [4.78, 5) is 32.2. The molecule has 1 rings (SSSR count). The number of hydrogen-bond donors (Lipinski definition) is 0. The molecule has 0 aliphatic rings. The summed E-state index contributed by atoms with van der Waals surface area (Å²) in [6, 6.07) is 5.92. The van der Waals surface area contributed by atoms with Crippen molar-refractivity contribution in [2.75, 3.05) is 13.2 Å². The number of benzene rings is 1. The Bertz CT molecular complexity index is 535. The zero-order chi connectivity index (χ0) is 15.7. The molecule has 0 saturated carbocycles. The molecule has 1 aromatic carbocycles. The van der Waals surface area contributed by atoms with Gasteiger partial charge in [-0.1, -0.05) is 6.08 Å². The first-order valence-electron chi connectivity index (χ1n) is 6.25. The van der Waals surface area contributed by atoms with Crippen LogP contribution in [0.1, 0.15) is 18.9 Å². The standard InChI is InChI=1S/C14H15NO6/c1-2-20-13(16)10-14(17)21-9-3-4-11-5-7-12(8-6-11)15(18)19/h3-8H,2,9-10H2,1H3/b4-3+. The number of hydrogen-bond acceptors (Lipinski definition) is 6. The van der Waals surface area contributed by atoms with Crippen LogP contribution in [0.25, 0.3) is 6.08 Å². The zero-order valence-corrected chi connectivity index (χ0v) is 11.5. The topological polar surface area (TPSA) is 95.7 Å². The molecule has 0 aromatic heterocycles. The number of esters is 2. The molecule has 0 N–H and O–H groups in total. The van der Waals surface area contributed by atoms with E-state index >= 15 is 0 Å². The summed E-state index contributed by atoms with van der Waals surface area (Å²) in [6.07, 6.45) is 2.81. The lowest BCUT2D eigenvalue weighted by molar-refractivity contribution is -0.384. The monoisotopic (exact) mass is 293 g/mol. The lowest BCUT2D eigenvalue weighted by Crippen LogP contribution is -2.13. The summed E-state index contributed by atoms with van der Waals surface area (Å²) in [6.45, 7) is 1.87. The van der Waals surface area contributed by atoms with Gasteiger partial charge < -0.3 is 9.47 Å². The van der Waals surface area contributed by atoms with E-state index in [2.05, 4.69) is 4.74 Å². The highest BCUT2D eigenvalue weighted by molar-refractivity contribution is 5.91. The number of ether oxygens (including phenoxy) is 2. The van der Waals surface area contributed by atoms with Crippen LogP contribution in [0.3, 0.4) is 0 Å². The number of nitro benzene ring substituents is 1. The van der Waals surface area contributed by atoms with Gasteiger partial charge in [-0.05, 0) is 30.7 Å². The van der Waals surface area contributed by atoms with Crippen molar-refractivity contribution in [3.05, 3.63) is 46.0 Å². The second-order valence-corrected chi connectivity index (χ2v) is 3.92. The smallest absolute Gasteiger partial charge is 0.317 e. The Morgan fingerprint density at radius 2 is 1.81 bits per heavy atom. The van der Waals surface area contributed by atoms with Crippen LogP contribution in [0.15, 0.2) is 30.3 Å². The Morgan fingerprint density at radius 1 is 1.19 bits per heavy atom. The van der Waals surface area contributed by atoms with Gasteiger partial charge in [0.1, 0.15) is 13.0 Å². The third-order valence-corrected chi connectivity index (χ3v) is 2.35. The fourth-order valence-electron chi connectivity index (χ4n) is 1.41. The van der Waals surface area contributed by atoms with Gasteiger partial charge in [0.25, 0.3) is 5.69 Å². The molecule has 0 spiro atoms. The summed E-state index contributed by atoms with van der Waals surface area (Å²) in [5.41, 5.74) is 0.745. The first-order valence-corrected chi connectivity index (χ1v) is 6.25. The van der Waals surface area contributed by atoms with Gasteiger partial charge in [0.15, 0.2) is 0 Å². The van der Waals surface area contributed by atoms with Crippen LogP contribution in [0.5, 0.6) is 0 Å². The number of carbonyl (C=O) groups is 2. The molecule has 7 heteroatoms. The highest BCUT2D eigenvalue weighted by Gasteiger charge is 2.10. The lowest BCUT2D eigenvalue weighted by Gasteiger charge is -2.01. The first kappa shape index (κ1) is 16.4. The quantitative estimate of drug-likeness (QED) is 0.330. The first-order chi connectivity index (χ1) is 10.0. The van der Waals surface area contributed by atoms with E-state index in [0.29, 0.717) is 0 Å². The average molecular weight is 293 g/mol. The fourth-order valence-corrected chi connectivity index (χ4v) is 1.41. The van der Waals surface area contributed by atoms with Crippen LogP contribution in [0.4, 0.5) is 5.69 Å². The van der Waals surface area contributed by atoms with Crippen molar-refractivity contribution < 1.29 is 24.0 Å². The molecule has 0 saturated heterocycles. The van der Waals surface area contributed by atoms with Crippen LogP contribution in [0, 0.1) is 10.1 Å². The minimum atomic E-state index is -0.665. The maximum Gasteiger partial charge on any atom is 0.317 e. The van der Waals surface area contributed by atoms with Crippen molar-refractivity contribution in [1.29, 1.82) is 0 Å². The molecule has 0 radical (unpaired) electrons. The minimum Gasteiger partial charge on any atom is -0.466 e. The fraction of sp³-hybridized carbons (Fsp3) is 0.286. The van der Waals surface area contributed by atoms with Gasteiger partial charge in [0.05, 0.1) is 11.5 Å². The van der Waals surface area contributed by atoms with Crippen LogP contribution in [-0.4, -0.2) is 30.1 Å². The van der Waals surface area contributed by atoms with E-state index in [1.54, 1.807) is 31.2 Å². The van der Waals surface area contributed by atoms with Gasteiger partial charge in [-0.25, -0.2) is 0 Å². The molecule has 0 heterocycles. The van der Waals surface area contributed by atoms with Crippen molar-refractivity contribution in [3.8, 4) is 0 Å². The molecule has 0 unspecified atom stereocenters. The maximum atomic E-state index is 11.2. The maximum absolute atomic E-state index is 11.2. The predicted octanol–water partition coefficient (Wildman–Crippen LogP) is 2.10. The van der Waals surface area contributed by atoms with Crippen molar-refractivity contribution in [2.24, 2.45) is 0 Å². The number of nitro groups is 1. The van der Waals surface area contributed by atoms with Gasteiger partial charge >= 0.3 is 11.9 Å². The molecule has 0 bridgehead atoms. The van der Waals surface area contributed by atoms with E-state index in [0.717, 1.165) is 5.56 Å². The predicted molar refractivity (Wildman–Crippen MR) is 74.3 cm³/mol. The van der Waals surface area contributed by atoms with E-state index in [1.807, 2.05) is 0 Å². The van der Waals surface area contributed by atoms with Gasteiger partial charge in [-0.3, -0.25) is 19.7 Å². The molecule has 0 atom stereocenters. The molecule has 1 aromatic rings. The number of nitrogens with zero attached hydrogens (tertiary/aromatic N) is 1. The van der Waals surface area contributed by atoms with E-state index < -0.39 is 23.3 Å². The van der Waals surface area contributed by atoms with Crippen molar-refractivity contribution >= 4 is 23.7 Å². The highest BCUT2D eigenvalue weighted by atomic mass is 16.6. The summed E-state index contributed by atoms with van der Waals surface area (Å²) in [7, 11) is 0. The van der Waals surface area contributed by atoms with Gasteiger partial charge in [-0.2, -0.15) is 0 Å². The third-order valence-electron chi connectivity index (χ3n) is 2.35. The second-order valence-electron chi connectivity index (χ2n) is 3.92. The third kappa shape index (κ3) is 6.33. The molecule has 7 nitrogen and oxygen atoms in total. The molecular formula is C14H15NO6. The van der Waals surface area contributed by atoms with Gasteiger partial charge in [-0.15, -0.1) is 0 Å². The number of carbonyl (C=O) groups excluding carboxylic acids is 2. The molecule has 112 valence electrons. The summed E-state index contributed by atoms with van der Waals surface area (Å²) in [5, 5.41) is 10.5. The van der Waals surface area contributed by atoms with Crippen molar-refractivity contribution in [2.45, 2.75) is 13.3 Å². The van der Waals surface area contributed by atoms with E-state index in [4.69, 9.17) is 4.74 Å². The summed E-state index contributed by atoms with van der Waals surface area (Å²) >= 11 is 0. The molecular weight excluding hydrogens is 278 g/mol. The number of non-ortho nitro benzene ring substituents is 1. The molecule has 0 fully saturated rings. The number of rotatable bonds is 7. The lowest BCUT2D eigenvalue weighted by atomic mass is 10.2. The van der Waals surface area contributed by atoms with Crippen molar-refractivity contribution in [3.63, 3.8) is 0 Å². The Balaban J connectivity index is 2.36. The Kier molecular flexibility index (Phi) is 6.59. The molecule has 0 aliphatic carbocycles. The molecule has 0 aliphatic heterocycles. The van der Waals surface area contributed by atoms with Crippen molar-refractivity contribution in [1.82, 2.24) is 0 Å². The normalized spacial score (nSPS) is 10.3. The Labute approximate surface area is 121 Å². The van der Waals surface area contributed by atoms with Crippen LogP contribution in [-0.2, 0) is 19.1 Å². The van der Waals surface area contributed by atoms with E-state index in [9.17, 15) is 19.7 Å². The Hall–Kier alpha value is -2.70. The highest BCUT2D eigenvalue weighted by Crippen LogP contribution is 2.12. The van der Waals surface area contributed by atoms with E-state index in [1.165, 1.54) is 12.1 Å². The van der Waals surface area contributed by atoms with Crippen LogP contribution >= 0.6 is 0 Å². The van der Waals surface area contributed by atoms with Gasteiger partial charge in [0, 0.05) is 12.1 Å². The molecule has 0 amide bonds. The molecule has 21 heavy (non-hydrogen) atoms. The van der Waals surface area contributed by atoms with E-state index in [-0.39, 0.29) is 18.9 Å². The summed E-state index contributed by atoms with van der Waals surface area (Å²) < 4.78 is 9.41. The van der Waals surface area contributed by atoms with Crippen LogP contribution in [0.2, 0.25) is 0 Å². The minimum absolute atomic E-state index is 0.00742. The second kappa shape index (κ2) is 8.47. The summed E-state index contributed by atoms with van der Waals surface area (Å²) in [5.74, 6) is -1.29. The van der Waals surface area contributed by atoms with Gasteiger partial charge in [0.2, 0.25) is 0 Å². The largest absolute Gasteiger partial charge is 0.466 e. The average Bonchev–Trinajstić information content (AvgIpc) is 2.44.